The second-order valence-electron chi connectivity index (χ2n) is 6.61. The van der Waals surface area contributed by atoms with Gasteiger partial charge < -0.3 is 0 Å². The van der Waals surface area contributed by atoms with Gasteiger partial charge in [-0.15, -0.1) is 9.32 Å². The van der Waals surface area contributed by atoms with Gasteiger partial charge in [-0.05, 0) is 52.6 Å². The molecule has 3 aromatic carbocycles. The van der Waals surface area contributed by atoms with Gasteiger partial charge in [0.05, 0.1) is 23.1 Å². The molecule has 5 nitrogen and oxygen atoms in total. The SMILES string of the molecule is NOOSc1ccc2c(c1)c1ccc(F)cc1c1nn3cc(C(F)(F)F)ccc3c21. The van der Waals surface area contributed by atoms with Gasteiger partial charge in [0, 0.05) is 21.9 Å². The molecule has 0 aliphatic heterocycles. The van der Waals surface area contributed by atoms with Crippen LogP contribution >= 0.6 is 12.0 Å². The summed E-state index contributed by atoms with van der Waals surface area (Å²) in [5.41, 5.74) is 0.0783. The van der Waals surface area contributed by atoms with E-state index in [1.807, 2.05) is 12.1 Å². The summed E-state index contributed by atoms with van der Waals surface area (Å²) < 4.78 is 59.4. The molecule has 0 atom stereocenters. The molecule has 30 heavy (non-hydrogen) atoms. The number of aromatic nitrogens is 2. The minimum Gasteiger partial charge on any atom is -0.239 e. The van der Waals surface area contributed by atoms with Crippen LogP contribution < -0.4 is 5.90 Å². The maximum Gasteiger partial charge on any atom is 0.417 e. The Hall–Kier alpha value is -2.92. The number of hydrogen-bond donors (Lipinski definition) is 1. The largest absolute Gasteiger partial charge is 0.417 e. The average Bonchev–Trinajstić information content (AvgIpc) is 3.10. The van der Waals surface area contributed by atoms with Crippen molar-refractivity contribution >= 4 is 50.0 Å². The van der Waals surface area contributed by atoms with Crippen molar-refractivity contribution in [1.82, 2.24) is 9.61 Å². The molecule has 10 heteroatoms. The smallest absolute Gasteiger partial charge is 0.239 e. The molecule has 5 rings (SSSR count). The minimum atomic E-state index is -4.50. The van der Waals surface area contributed by atoms with E-state index in [1.165, 1.54) is 22.7 Å². The fourth-order valence-corrected chi connectivity index (χ4v) is 4.10. The molecule has 152 valence electrons. The third kappa shape index (κ3) is 2.96. The van der Waals surface area contributed by atoms with Crippen molar-refractivity contribution in [1.29, 1.82) is 0 Å². The zero-order chi connectivity index (χ0) is 21.0. The van der Waals surface area contributed by atoms with E-state index in [4.69, 9.17) is 10.2 Å². The lowest BCUT2D eigenvalue weighted by Crippen LogP contribution is -2.06. The number of fused-ring (bicyclic) bond motifs is 8. The Morgan fingerprint density at radius 2 is 1.73 bits per heavy atom. The summed E-state index contributed by atoms with van der Waals surface area (Å²) in [5.74, 6) is 4.42. The number of hydrogen-bond acceptors (Lipinski definition) is 5. The van der Waals surface area contributed by atoms with Crippen LogP contribution in [0.3, 0.4) is 0 Å². The van der Waals surface area contributed by atoms with Gasteiger partial charge in [0.25, 0.3) is 0 Å². The summed E-state index contributed by atoms with van der Waals surface area (Å²) in [5, 5.41) is 7.71. The van der Waals surface area contributed by atoms with Gasteiger partial charge in [-0.2, -0.15) is 24.2 Å². The molecule has 0 amide bonds. The summed E-state index contributed by atoms with van der Waals surface area (Å²) in [6.07, 6.45) is -3.57. The van der Waals surface area contributed by atoms with Gasteiger partial charge in [-0.25, -0.2) is 8.91 Å². The first-order valence-electron chi connectivity index (χ1n) is 8.61. The molecule has 0 spiro atoms. The molecule has 0 radical (unpaired) electrons. The Kier molecular flexibility index (Phi) is 4.33. The first kappa shape index (κ1) is 19.1. The van der Waals surface area contributed by atoms with Crippen molar-refractivity contribution in [2.45, 2.75) is 11.1 Å². The average molecular weight is 433 g/mol. The van der Waals surface area contributed by atoms with E-state index in [1.54, 1.807) is 12.1 Å². The van der Waals surface area contributed by atoms with Crippen LogP contribution in [0.2, 0.25) is 0 Å². The first-order chi connectivity index (χ1) is 14.4. The summed E-state index contributed by atoms with van der Waals surface area (Å²) in [6, 6.07) is 12.0. The molecule has 5 aromatic rings. The van der Waals surface area contributed by atoms with Crippen molar-refractivity contribution in [2.24, 2.45) is 5.90 Å². The standard InChI is InChI=1S/C20H11F4N3O2S/c21-11-2-4-13-15-8-12(30-29-28-25)3-5-14(15)18-17-6-1-10(20(22,23)24)9-27(17)26-19(18)16(13)7-11/h1-9H,25H2. The van der Waals surface area contributed by atoms with Gasteiger partial charge >= 0.3 is 6.18 Å². The third-order valence-corrected chi connectivity index (χ3v) is 5.51. The fraction of sp³-hybridized carbons (Fsp3) is 0.0500. The van der Waals surface area contributed by atoms with Crippen LogP contribution in [0.4, 0.5) is 17.6 Å². The van der Waals surface area contributed by atoms with E-state index < -0.39 is 17.6 Å². The molecule has 0 bridgehead atoms. The molecule has 0 saturated heterocycles. The van der Waals surface area contributed by atoms with Gasteiger partial charge in [-0.1, -0.05) is 12.1 Å². The Morgan fingerprint density at radius 1 is 0.933 bits per heavy atom. The molecule has 2 aromatic heterocycles. The van der Waals surface area contributed by atoms with E-state index in [0.717, 1.165) is 35.1 Å². The maximum atomic E-state index is 14.0. The van der Waals surface area contributed by atoms with E-state index in [9.17, 15) is 17.6 Å². The number of nitrogens with two attached hydrogens (primary N) is 1. The van der Waals surface area contributed by atoms with Gasteiger partial charge in [0.15, 0.2) is 0 Å². The normalized spacial score (nSPS) is 12.6. The topological polar surface area (TPSA) is 61.8 Å². The number of pyridine rings is 1. The minimum absolute atomic E-state index is 0.415. The van der Waals surface area contributed by atoms with Crippen molar-refractivity contribution in [2.75, 3.05) is 0 Å². The molecule has 0 aliphatic carbocycles. The van der Waals surface area contributed by atoms with Crippen LogP contribution in [0, 0.1) is 5.82 Å². The first-order valence-corrected chi connectivity index (χ1v) is 9.35. The highest BCUT2D eigenvalue weighted by atomic mass is 32.2. The number of halogens is 4. The summed E-state index contributed by atoms with van der Waals surface area (Å²) in [4.78, 5) is 4.80. The quantitative estimate of drug-likeness (QED) is 0.128. The Balaban J connectivity index is 1.92. The summed E-state index contributed by atoms with van der Waals surface area (Å²) in [7, 11) is 0. The zero-order valence-electron chi connectivity index (χ0n) is 14.9. The van der Waals surface area contributed by atoms with Crippen LogP contribution in [0.1, 0.15) is 5.56 Å². The molecular weight excluding hydrogens is 422 g/mol. The molecule has 0 saturated carbocycles. The van der Waals surface area contributed by atoms with Crippen LogP contribution in [-0.2, 0) is 15.5 Å². The van der Waals surface area contributed by atoms with Gasteiger partial charge in [0.2, 0.25) is 0 Å². The molecule has 2 N–H and O–H groups in total. The van der Waals surface area contributed by atoms with E-state index in [0.29, 0.717) is 32.1 Å². The molecule has 2 heterocycles. The monoisotopic (exact) mass is 433 g/mol. The summed E-state index contributed by atoms with van der Waals surface area (Å²) in [6.45, 7) is 0. The van der Waals surface area contributed by atoms with Gasteiger partial charge in [-0.3, -0.25) is 0 Å². The molecule has 0 aliphatic rings. The second-order valence-corrected chi connectivity index (χ2v) is 7.39. The fourth-order valence-electron chi connectivity index (χ4n) is 3.69. The molecular formula is C20H11F4N3O2S. The van der Waals surface area contributed by atoms with E-state index in [-0.39, 0.29) is 0 Å². The van der Waals surface area contributed by atoms with Crippen LogP contribution in [0.25, 0.3) is 38.0 Å². The number of alkyl halides is 3. The lowest BCUT2D eigenvalue weighted by molar-refractivity contribution is -0.195. The van der Waals surface area contributed by atoms with Crippen LogP contribution in [0.5, 0.6) is 0 Å². The predicted octanol–water partition coefficient (Wildman–Crippen LogP) is 5.78. The second kappa shape index (κ2) is 6.81. The molecule has 0 fully saturated rings. The van der Waals surface area contributed by atoms with Crippen LogP contribution in [0.15, 0.2) is 59.6 Å². The van der Waals surface area contributed by atoms with Crippen molar-refractivity contribution in [3.8, 4) is 0 Å². The van der Waals surface area contributed by atoms with E-state index in [2.05, 4.69) is 10.1 Å². The third-order valence-electron chi connectivity index (χ3n) is 4.91. The highest BCUT2D eigenvalue weighted by Gasteiger charge is 2.31. The lowest BCUT2D eigenvalue weighted by atomic mass is 9.97. The molecule has 0 unspecified atom stereocenters. The van der Waals surface area contributed by atoms with Crippen LogP contribution in [-0.4, -0.2) is 9.61 Å². The summed E-state index contributed by atoms with van der Waals surface area (Å²) >= 11 is 0.896. The van der Waals surface area contributed by atoms with Gasteiger partial charge in [0.1, 0.15) is 11.3 Å². The number of benzene rings is 3. The maximum absolute atomic E-state index is 14.0. The van der Waals surface area contributed by atoms with Crippen molar-refractivity contribution < 1.29 is 26.9 Å². The lowest BCUT2D eigenvalue weighted by Gasteiger charge is -2.09. The van der Waals surface area contributed by atoms with Crippen molar-refractivity contribution in [3.05, 3.63) is 66.1 Å². The Morgan fingerprint density at radius 3 is 2.50 bits per heavy atom. The van der Waals surface area contributed by atoms with Crippen molar-refractivity contribution in [3.63, 3.8) is 0 Å². The zero-order valence-corrected chi connectivity index (χ0v) is 15.7. The predicted molar refractivity (Wildman–Crippen MR) is 105 cm³/mol. The highest BCUT2D eigenvalue weighted by molar-refractivity contribution is 7.94. The highest BCUT2D eigenvalue weighted by Crippen LogP contribution is 2.39. The Labute approximate surface area is 170 Å². The Bertz CT molecular complexity index is 1450. The van der Waals surface area contributed by atoms with E-state index >= 15 is 0 Å². The number of rotatable bonds is 3. The number of nitrogens with zero attached hydrogens (tertiary/aromatic N) is 2.